The van der Waals surface area contributed by atoms with Crippen LogP contribution in [0.3, 0.4) is 0 Å². The van der Waals surface area contributed by atoms with E-state index in [2.05, 4.69) is 71.0 Å². The number of halogens is 1. The van der Waals surface area contributed by atoms with E-state index in [0.717, 1.165) is 29.7 Å². The van der Waals surface area contributed by atoms with Crippen LogP contribution in [0.1, 0.15) is 29.4 Å². The minimum Gasteiger partial charge on any atom is -0.319 e. The van der Waals surface area contributed by atoms with Crippen LogP contribution in [0, 0.1) is 19.8 Å². The minimum absolute atomic E-state index is 0.621. The summed E-state index contributed by atoms with van der Waals surface area (Å²) in [6.45, 7) is 8.44. The van der Waals surface area contributed by atoms with Crippen LogP contribution in [-0.4, -0.2) is 23.4 Å². The predicted molar refractivity (Wildman–Crippen MR) is 91.7 cm³/mol. The zero-order valence-electron chi connectivity index (χ0n) is 13.3. The molecular formula is C17H24BrN3. The average molecular weight is 350 g/mol. The van der Waals surface area contributed by atoms with Crippen LogP contribution in [0.25, 0.3) is 0 Å². The smallest absolute Gasteiger partial charge is 0.0663 e. The van der Waals surface area contributed by atoms with Gasteiger partial charge in [0.05, 0.1) is 12.2 Å². The molecule has 0 saturated carbocycles. The van der Waals surface area contributed by atoms with Crippen LogP contribution in [0.2, 0.25) is 0 Å². The lowest BCUT2D eigenvalue weighted by molar-refractivity contribution is 0.538. The number of hydrogen-bond donors (Lipinski definition) is 1. The number of benzene rings is 1. The summed E-state index contributed by atoms with van der Waals surface area (Å²) >= 11 is 3.53. The van der Waals surface area contributed by atoms with E-state index in [1.165, 1.54) is 16.8 Å². The molecule has 2 rings (SSSR count). The van der Waals surface area contributed by atoms with Crippen molar-refractivity contribution in [2.75, 3.05) is 13.6 Å². The van der Waals surface area contributed by atoms with Crippen molar-refractivity contribution in [3.63, 3.8) is 0 Å². The van der Waals surface area contributed by atoms with E-state index in [1.54, 1.807) is 0 Å². The maximum absolute atomic E-state index is 4.73. The second-order valence-electron chi connectivity index (χ2n) is 5.80. The highest BCUT2D eigenvalue weighted by atomic mass is 79.9. The number of aryl methyl sites for hydroxylation is 1. The Morgan fingerprint density at radius 1 is 1.33 bits per heavy atom. The van der Waals surface area contributed by atoms with Crippen molar-refractivity contribution in [3.8, 4) is 0 Å². The molecule has 4 heteroatoms. The van der Waals surface area contributed by atoms with E-state index in [1.807, 2.05) is 7.05 Å². The van der Waals surface area contributed by atoms with Crippen LogP contribution in [0.15, 0.2) is 28.7 Å². The molecule has 0 fully saturated rings. The van der Waals surface area contributed by atoms with Gasteiger partial charge in [-0.05, 0) is 63.0 Å². The topological polar surface area (TPSA) is 29.9 Å². The third kappa shape index (κ3) is 4.17. The van der Waals surface area contributed by atoms with Gasteiger partial charge in [0.2, 0.25) is 0 Å². The van der Waals surface area contributed by atoms with E-state index in [-0.39, 0.29) is 0 Å². The molecule has 0 bridgehead atoms. The summed E-state index contributed by atoms with van der Waals surface area (Å²) in [6.07, 6.45) is 1.08. The third-order valence-electron chi connectivity index (χ3n) is 3.86. The summed E-state index contributed by atoms with van der Waals surface area (Å²) in [5, 5.41) is 7.98. The van der Waals surface area contributed by atoms with Crippen LogP contribution >= 0.6 is 15.9 Å². The van der Waals surface area contributed by atoms with Crippen molar-refractivity contribution in [2.45, 2.75) is 33.7 Å². The lowest BCUT2D eigenvalue weighted by atomic mass is 9.99. The SMILES string of the molecule is CNCC(C)Cc1c(C)nn(Cc2cccc(Br)c2)c1C. The van der Waals surface area contributed by atoms with E-state index < -0.39 is 0 Å². The normalized spacial score (nSPS) is 12.6. The van der Waals surface area contributed by atoms with Gasteiger partial charge in [-0.2, -0.15) is 5.10 Å². The Hall–Kier alpha value is -1.13. The monoisotopic (exact) mass is 349 g/mol. The summed E-state index contributed by atoms with van der Waals surface area (Å²) in [4.78, 5) is 0. The van der Waals surface area contributed by atoms with Gasteiger partial charge in [-0.1, -0.05) is 35.0 Å². The fraction of sp³-hybridized carbons (Fsp3) is 0.471. The molecule has 21 heavy (non-hydrogen) atoms. The maximum atomic E-state index is 4.73. The second-order valence-corrected chi connectivity index (χ2v) is 6.72. The standard InChI is InChI=1S/C17H24BrN3/c1-12(10-19-4)8-17-13(2)20-21(14(17)3)11-15-6-5-7-16(18)9-15/h5-7,9,12,19H,8,10-11H2,1-4H3. The molecule has 3 nitrogen and oxygen atoms in total. The molecule has 114 valence electrons. The lowest BCUT2D eigenvalue weighted by Gasteiger charge is -2.11. The molecule has 0 saturated heterocycles. The molecule has 1 heterocycles. The Morgan fingerprint density at radius 3 is 2.76 bits per heavy atom. The molecular weight excluding hydrogens is 326 g/mol. The highest BCUT2D eigenvalue weighted by molar-refractivity contribution is 9.10. The van der Waals surface area contributed by atoms with Crippen molar-refractivity contribution >= 4 is 15.9 Å². The average Bonchev–Trinajstić information content (AvgIpc) is 2.67. The molecule has 0 amide bonds. The summed E-state index contributed by atoms with van der Waals surface area (Å²) in [5.41, 5.74) is 5.11. The number of nitrogens with one attached hydrogen (secondary N) is 1. The summed E-state index contributed by atoms with van der Waals surface area (Å²) in [6, 6.07) is 8.42. The summed E-state index contributed by atoms with van der Waals surface area (Å²) in [7, 11) is 2.01. The first-order valence-corrected chi connectivity index (χ1v) is 8.22. The largest absolute Gasteiger partial charge is 0.319 e. The molecule has 0 aliphatic heterocycles. The molecule has 0 spiro atoms. The van der Waals surface area contributed by atoms with E-state index in [4.69, 9.17) is 5.10 Å². The summed E-state index contributed by atoms with van der Waals surface area (Å²) < 4.78 is 3.24. The molecule has 2 aromatic rings. The molecule has 0 radical (unpaired) electrons. The van der Waals surface area contributed by atoms with Gasteiger partial charge in [-0.3, -0.25) is 4.68 Å². The number of hydrogen-bond acceptors (Lipinski definition) is 2. The fourth-order valence-corrected chi connectivity index (χ4v) is 3.21. The van der Waals surface area contributed by atoms with E-state index in [0.29, 0.717) is 5.92 Å². The molecule has 0 aliphatic rings. The Morgan fingerprint density at radius 2 is 2.10 bits per heavy atom. The molecule has 1 atom stereocenters. The van der Waals surface area contributed by atoms with Gasteiger partial charge in [0.1, 0.15) is 0 Å². The molecule has 1 unspecified atom stereocenters. The summed E-state index contributed by atoms with van der Waals surface area (Å²) in [5.74, 6) is 0.621. The molecule has 0 aliphatic carbocycles. The Bertz CT molecular complexity index is 604. The van der Waals surface area contributed by atoms with Gasteiger partial charge in [0.15, 0.2) is 0 Å². The van der Waals surface area contributed by atoms with Gasteiger partial charge in [0.25, 0.3) is 0 Å². The molecule has 1 N–H and O–H groups in total. The maximum Gasteiger partial charge on any atom is 0.0663 e. The highest BCUT2D eigenvalue weighted by Gasteiger charge is 2.14. The lowest BCUT2D eigenvalue weighted by Crippen LogP contribution is -2.18. The van der Waals surface area contributed by atoms with Gasteiger partial charge in [0, 0.05) is 10.2 Å². The number of nitrogens with zero attached hydrogens (tertiary/aromatic N) is 2. The van der Waals surface area contributed by atoms with E-state index in [9.17, 15) is 0 Å². The first-order valence-electron chi connectivity index (χ1n) is 7.43. The van der Waals surface area contributed by atoms with Crippen molar-refractivity contribution in [2.24, 2.45) is 5.92 Å². The zero-order chi connectivity index (χ0) is 15.4. The van der Waals surface area contributed by atoms with Crippen molar-refractivity contribution < 1.29 is 0 Å². The number of rotatable bonds is 6. The van der Waals surface area contributed by atoms with Crippen molar-refractivity contribution in [1.82, 2.24) is 15.1 Å². The van der Waals surface area contributed by atoms with Crippen LogP contribution < -0.4 is 5.32 Å². The first-order chi connectivity index (χ1) is 10.0. The van der Waals surface area contributed by atoms with Crippen LogP contribution in [-0.2, 0) is 13.0 Å². The Labute approximate surface area is 135 Å². The van der Waals surface area contributed by atoms with Crippen molar-refractivity contribution in [3.05, 3.63) is 51.3 Å². The Balaban J connectivity index is 2.18. The quantitative estimate of drug-likeness (QED) is 0.861. The van der Waals surface area contributed by atoms with E-state index >= 15 is 0 Å². The van der Waals surface area contributed by atoms with Gasteiger partial charge in [-0.25, -0.2) is 0 Å². The second kappa shape index (κ2) is 7.23. The molecule has 1 aromatic heterocycles. The van der Waals surface area contributed by atoms with Gasteiger partial charge >= 0.3 is 0 Å². The molecule has 1 aromatic carbocycles. The van der Waals surface area contributed by atoms with Crippen LogP contribution in [0.4, 0.5) is 0 Å². The van der Waals surface area contributed by atoms with Gasteiger partial charge in [-0.15, -0.1) is 0 Å². The fourth-order valence-electron chi connectivity index (χ4n) is 2.76. The Kier molecular flexibility index (Phi) is 5.59. The van der Waals surface area contributed by atoms with Crippen molar-refractivity contribution in [1.29, 1.82) is 0 Å². The van der Waals surface area contributed by atoms with Gasteiger partial charge < -0.3 is 5.32 Å². The third-order valence-corrected chi connectivity index (χ3v) is 4.35. The van der Waals surface area contributed by atoms with Crippen LogP contribution in [0.5, 0.6) is 0 Å². The first kappa shape index (κ1) is 16.2. The highest BCUT2D eigenvalue weighted by Crippen LogP contribution is 2.19. The number of aromatic nitrogens is 2. The zero-order valence-corrected chi connectivity index (χ0v) is 14.9. The minimum atomic E-state index is 0.621. The predicted octanol–water partition coefficient (Wildman–Crippen LogP) is 3.71.